The summed E-state index contributed by atoms with van der Waals surface area (Å²) in [5.41, 5.74) is 1.54. The number of pyridine rings is 1. The highest BCUT2D eigenvalue weighted by Gasteiger charge is 2.58. The smallest absolute Gasteiger partial charge is 0.320 e. The van der Waals surface area contributed by atoms with Crippen LogP contribution in [0.5, 0.6) is 0 Å². The Morgan fingerprint density at radius 3 is 2.26 bits per heavy atom. The average Bonchev–Trinajstić information content (AvgIpc) is 3.44. The minimum absolute atomic E-state index is 0.208. The predicted octanol–water partition coefficient (Wildman–Crippen LogP) is 2.73. The van der Waals surface area contributed by atoms with E-state index in [-0.39, 0.29) is 10.9 Å². The highest BCUT2D eigenvalue weighted by atomic mass is 32.2. The summed E-state index contributed by atoms with van der Waals surface area (Å²) in [6.45, 7) is 3.50. The second-order valence-electron chi connectivity index (χ2n) is 12.2. The van der Waals surface area contributed by atoms with Gasteiger partial charge in [0.2, 0.25) is 0 Å². The van der Waals surface area contributed by atoms with Gasteiger partial charge in [-0.25, -0.2) is 18.2 Å². The van der Waals surface area contributed by atoms with E-state index in [1.54, 1.807) is 6.07 Å². The van der Waals surface area contributed by atoms with Gasteiger partial charge in [-0.2, -0.15) is 5.10 Å². The first-order valence-electron chi connectivity index (χ1n) is 12.8. The molecule has 0 bridgehead atoms. The van der Waals surface area contributed by atoms with Crippen molar-refractivity contribution in [2.24, 2.45) is 16.7 Å². The topological polar surface area (TPSA) is 112 Å². The zero-order valence-electron chi connectivity index (χ0n) is 20.1. The molecule has 9 nitrogen and oxygen atoms in total. The molecule has 5 fully saturated rings. The number of aromatic nitrogens is 4. The van der Waals surface area contributed by atoms with Crippen molar-refractivity contribution in [2.75, 3.05) is 32.4 Å². The first kappa shape index (κ1) is 21.8. The van der Waals surface area contributed by atoms with Crippen molar-refractivity contribution in [3.05, 3.63) is 35.7 Å². The fraction of sp³-hybridized carbons (Fsp3) is 0.680. The molecule has 2 aromatic rings. The molecule has 7 rings (SSSR count). The summed E-state index contributed by atoms with van der Waals surface area (Å²) in [5.74, 6) is 3.68. The standard InChI is InChI=1S/C25H32N6O3S/c1-35(33,34)20-5-4-19(26-11-20)6-16-7-24(8-16)12-30(13-24)23(32)31-14-25(15-31)9-18(10-25)22-27-21(28-29-22)17-2-3-17/h4-5,11,16-18H,2-3,6-10,12-15H2,1H3,(H,27,28,29). The van der Waals surface area contributed by atoms with Crippen molar-refractivity contribution in [1.29, 1.82) is 0 Å². The number of nitrogens with zero attached hydrogens (tertiary/aromatic N) is 5. The van der Waals surface area contributed by atoms with Gasteiger partial charge in [-0.15, -0.1) is 0 Å². The number of carbonyl (C=O) groups is 1. The summed E-state index contributed by atoms with van der Waals surface area (Å²) in [6, 6.07) is 3.69. The van der Waals surface area contributed by atoms with Crippen LogP contribution in [0, 0.1) is 16.7 Å². The van der Waals surface area contributed by atoms with Crippen molar-refractivity contribution in [3.63, 3.8) is 0 Å². The number of nitrogens with one attached hydrogen (secondary N) is 1. The van der Waals surface area contributed by atoms with Crippen molar-refractivity contribution in [1.82, 2.24) is 30.0 Å². The summed E-state index contributed by atoms with van der Waals surface area (Å²) in [5, 5.41) is 7.58. The number of likely N-dealkylation sites (tertiary alicyclic amines) is 2. The van der Waals surface area contributed by atoms with Crippen LogP contribution in [0.15, 0.2) is 23.2 Å². The lowest BCUT2D eigenvalue weighted by molar-refractivity contribution is -0.100. The number of aromatic amines is 1. The van der Waals surface area contributed by atoms with Crippen LogP contribution in [-0.4, -0.2) is 76.8 Å². The maximum Gasteiger partial charge on any atom is 0.320 e. The highest BCUT2D eigenvalue weighted by molar-refractivity contribution is 7.90. The zero-order chi connectivity index (χ0) is 24.0. The van der Waals surface area contributed by atoms with Crippen LogP contribution in [-0.2, 0) is 16.3 Å². The van der Waals surface area contributed by atoms with Crippen molar-refractivity contribution >= 4 is 15.9 Å². The van der Waals surface area contributed by atoms with E-state index in [4.69, 9.17) is 4.98 Å². The number of carbonyl (C=O) groups excluding carboxylic acids is 1. The third-order valence-electron chi connectivity index (χ3n) is 9.02. The molecule has 1 N–H and O–H groups in total. The van der Waals surface area contributed by atoms with E-state index in [1.165, 1.54) is 25.3 Å². The molecule has 3 saturated carbocycles. The fourth-order valence-corrected chi connectivity index (χ4v) is 7.61. The van der Waals surface area contributed by atoms with Crippen LogP contribution in [0.4, 0.5) is 4.79 Å². The Kier molecular flexibility index (Phi) is 4.52. The Morgan fingerprint density at radius 1 is 1.03 bits per heavy atom. The Bertz CT molecular complexity index is 1260. The SMILES string of the molecule is CS(=O)(=O)c1ccc(CC2CC3(C2)CN(C(=O)N2CC4(CC(c5n[nH]c(C6CC6)n5)C4)C2)C3)nc1. The van der Waals surface area contributed by atoms with Gasteiger partial charge in [0.15, 0.2) is 15.7 Å². The number of urea groups is 1. The van der Waals surface area contributed by atoms with Crippen molar-refractivity contribution in [2.45, 2.75) is 61.7 Å². The molecule has 0 radical (unpaired) electrons. The maximum absolute atomic E-state index is 12.9. The molecule has 186 valence electrons. The largest absolute Gasteiger partial charge is 0.323 e. The monoisotopic (exact) mass is 496 g/mol. The normalized spacial score (nSPS) is 25.2. The first-order valence-corrected chi connectivity index (χ1v) is 14.7. The molecule has 4 heterocycles. The van der Waals surface area contributed by atoms with Gasteiger partial charge in [-0.3, -0.25) is 10.1 Å². The molecule has 2 aromatic heterocycles. The minimum Gasteiger partial charge on any atom is -0.323 e. The van der Waals surface area contributed by atoms with E-state index >= 15 is 0 Å². The van der Waals surface area contributed by atoms with Gasteiger partial charge in [0, 0.05) is 67.0 Å². The summed E-state index contributed by atoms with van der Waals surface area (Å²) >= 11 is 0. The highest BCUT2D eigenvalue weighted by Crippen LogP contribution is 2.57. The second-order valence-corrected chi connectivity index (χ2v) is 14.2. The maximum atomic E-state index is 12.9. The molecule has 2 spiro atoms. The van der Waals surface area contributed by atoms with E-state index in [0.29, 0.717) is 28.6 Å². The molecule has 2 saturated heterocycles. The molecule has 2 aliphatic heterocycles. The number of hydrogen-bond acceptors (Lipinski definition) is 6. The summed E-state index contributed by atoms with van der Waals surface area (Å²) < 4.78 is 23.2. The lowest BCUT2D eigenvalue weighted by Gasteiger charge is -2.63. The lowest BCUT2D eigenvalue weighted by Crippen LogP contribution is -2.71. The molecule has 0 unspecified atom stereocenters. The van der Waals surface area contributed by atoms with Crippen LogP contribution in [0.3, 0.4) is 0 Å². The van der Waals surface area contributed by atoms with E-state index < -0.39 is 9.84 Å². The van der Waals surface area contributed by atoms with Gasteiger partial charge in [0.1, 0.15) is 5.82 Å². The predicted molar refractivity (Wildman–Crippen MR) is 128 cm³/mol. The second kappa shape index (κ2) is 7.27. The average molecular weight is 497 g/mol. The van der Waals surface area contributed by atoms with Crippen LogP contribution in [0.2, 0.25) is 0 Å². The summed E-state index contributed by atoms with van der Waals surface area (Å²) in [4.78, 5) is 26.3. The van der Waals surface area contributed by atoms with Crippen molar-refractivity contribution < 1.29 is 13.2 Å². The molecule has 0 aromatic carbocycles. The van der Waals surface area contributed by atoms with Gasteiger partial charge < -0.3 is 9.80 Å². The number of rotatable bonds is 5. The fourth-order valence-electron chi connectivity index (χ4n) is 7.05. The minimum atomic E-state index is -3.20. The van der Waals surface area contributed by atoms with Gasteiger partial charge in [-0.1, -0.05) is 0 Å². The summed E-state index contributed by atoms with van der Waals surface area (Å²) in [7, 11) is -3.20. The molecule has 3 aliphatic carbocycles. The van der Waals surface area contributed by atoms with Gasteiger partial charge >= 0.3 is 6.03 Å². The van der Waals surface area contributed by atoms with Gasteiger partial charge in [0.05, 0.1) is 4.90 Å². The Hall–Kier alpha value is -2.49. The Balaban J connectivity index is 0.844. The summed E-state index contributed by atoms with van der Waals surface area (Å²) in [6.07, 6.45) is 10.5. The Morgan fingerprint density at radius 2 is 1.69 bits per heavy atom. The molecule has 10 heteroatoms. The molecule has 5 aliphatic rings. The Labute approximate surface area is 205 Å². The number of H-pyrrole nitrogens is 1. The molecule has 35 heavy (non-hydrogen) atoms. The van der Waals surface area contributed by atoms with Gasteiger partial charge in [-0.05, 0) is 63.0 Å². The third-order valence-corrected chi connectivity index (χ3v) is 10.1. The van der Waals surface area contributed by atoms with Crippen LogP contribution >= 0.6 is 0 Å². The molecule has 0 atom stereocenters. The van der Waals surface area contributed by atoms with E-state index in [1.807, 2.05) is 15.9 Å². The molecule has 2 amide bonds. The van der Waals surface area contributed by atoms with Crippen LogP contribution in [0.1, 0.15) is 67.7 Å². The number of hydrogen-bond donors (Lipinski definition) is 1. The van der Waals surface area contributed by atoms with E-state index in [2.05, 4.69) is 15.2 Å². The molecular weight excluding hydrogens is 464 g/mol. The van der Waals surface area contributed by atoms with E-state index in [0.717, 1.165) is 75.6 Å². The third kappa shape index (κ3) is 3.75. The molecular formula is C25H32N6O3S. The van der Waals surface area contributed by atoms with Crippen molar-refractivity contribution in [3.8, 4) is 0 Å². The van der Waals surface area contributed by atoms with Crippen LogP contribution in [0.25, 0.3) is 0 Å². The van der Waals surface area contributed by atoms with E-state index in [9.17, 15) is 13.2 Å². The van der Waals surface area contributed by atoms with Gasteiger partial charge in [0.25, 0.3) is 0 Å². The number of sulfone groups is 1. The lowest BCUT2D eigenvalue weighted by atomic mass is 9.56. The first-order chi connectivity index (χ1) is 16.7. The quantitative estimate of drug-likeness (QED) is 0.681. The van der Waals surface area contributed by atoms with Crippen LogP contribution < -0.4 is 0 Å². The number of amides is 2. The zero-order valence-corrected chi connectivity index (χ0v) is 20.9.